The molecule has 0 radical (unpaired) electrons. The van der Waals surface area contributed by atoms with E-state index in [2.05, 4.69) is 11.8 Å². The molecule has 0 fully saturated rings. The van der Waals surface area contributed by atoms with Gasteiger partial charge in [-0.1, -0.05) is 5.92 Å². The average Bonchev–Trinajstić information content (AvgIpc) is 1.78. The quantitative estimate of drug-likeness (QED) is 0.617. The first-order valence-corrected chi connectivity index (χ1v) is 3.63. The average molecular weight is 154 g/mol. The molecule has 0 aromatic rings. The summed E-state index contributed by atoms with van der Waals surface area (Å²) in [5.74, 6) is 5.01. The number of carbonyl (C=O) groups is 1. The highest BCUT2D eigenvalue weighted by atomic mass is 16.4. The maximum absolute atomic E-state index is 10.1. The summed E-state index contributed by atoms with van der Waals surface area (Å²) in [4.78, 5) is 10.1. The summed E-state index contributed by atoms with van der Waals surface area (Å²) in [7, 11) is 0. The summed E-state index contributed by atoms with van der Waals surface area (Å²) in [6, 6.07) is 0. The van der Waals surface area contributed by atoms with E-state index in [1.807, 2.05) is 20.8 Å². The fourth-order valence-corrected chi connectivity index (χ4v) is 0.497. The van der Waals surface area contributed by atoms with E-state index in [0.717, 1.165) is 0 Å². The number of aliphatic carboxylic acids is 1. The van der Waals surface area contributed by atoms with Gasteiger partial charge in [-0.15, -0.1) is 5.92 Å². The molecule has 0 heterocycles. The Balaban J connectivity index is 3.66. The van der Waals surface area contributed by atoms with Crippen molar-refractivity contribution in [3.8, 4) is 11.8 Å². The lowest BCUT2D eigenvalue weighted by Gasteiger charge is -2.06. The van der Waals surface area contributed by atoms with Gasteiger partial charge in [0.1, 0.15) is 0 Å². The highest BCUT2D eigenvalue weighted by molar-refractivity contribution is 5.67. The normalized spacial score (nSPS) is 10.1. The van der Waals surface area contributed by atoms with Crippen LogP contribution in [0.5, 0.6) is 0 Å². The zero-order chi connectivity index (χ0) is 8.91. The van der Waals surface area contributed by atoms with Gasteiger partial charge in [-0.05, 0) is 20.8 Å². The molecule has 0 spiro atoms. The minimum Gasteiger partial charge on any atom is -0.481 e. The van der Waals surface area contributed by atoms with Crippen molar-refractivity contribution in [2.75, 3.05) is 0 Å². The first-order chi connectivity index (χ1) is 4.92. The molecule has 0 aliphatic carbocycles. The second kappa shape index (κ2) is 4.02. The Morgan fingerprint density at radius 3 is 2.36 bits per heavy atom. The van der Waals surface area contributed by atoms with Crippen molar-refractivity contribution in [3.63, 3.8) is 0 Å². The van der Waals surface area contributed by atoms with Gasteiger partial charge in [-0.3, -0.25) is 4.79 Å². The van der Waals surface area contributed by atoms with Crippen LogP contribution in [-0.2, 0) is 4.79 Å². The van der Waals surface area contributed by atoms with Crippen LogP contribution < -0.4 is 0 Å². The summed E-state index contributed by atoms with van der Waals surface area (Å²) in [6.07, 6.45) is 0.593. The van der Waals surface area contributed by atoms with Gasteiger partial charge in [0.05, 0.1) is 6.42 Å². The molecule has 0 aliphatic rings. The fourth-order valence-electron chi connectivity index (χ4n) is 0.497. The Morgan fingerprint density at radius 1 is 1.45 bits per heavy atom. The molecule has 0 bridgehead atoms. The van der Waals surface area contributed by atoms with Gasteiger partial charge >= 0.3 is 5.97 Å². The number of carboxylic acid groups (broad SMARTS) is 1. The lowest BCUT2D eigenvalue weighted by molar-refractivity contribution is -0.136. The third-order valence-electron chi connectivity index (χ3n) is 0.927. The molecule has 0 saturated carbocycles. The lowest BCUT2D eigenvalue weighted by atomic mass is 9.98. The molecule has 2 nitrogen and oxygen atoms in total. The molecule has 0 aromatic carbocycles. The molecule has 0 unspecified atom stereocenters. The summed E-state index contributed by atoms with van der Waals surface area (Å²) in [5, 5.41) is 8.28. The van der Waals surface area contributed by atoms with Crippen LogP contribution >= 0.6 is 0 Å². The molecule has 0 amide bonds. The van der Waals surface area contributed by atoms with Crippen molar-refractivity contribution in [2.24, 2.45) is 5.41 Å². The van der Waals surface area contributed by atoms with Gasteiger partial charge in [0.2, 0.25) is 0 Å². The van der Waals surface area contributed by atoms with E-state index in [1.165, 1.54) is 0 Å². The lowest BCUT2D eigenvalue weighted by Crippen LogP contribution is -1.99. The van der Waals surface area contributed by atoms with Gasteiger partial charge < -0.3 is 5.11 Å². The Bertz CT molecular complexity index is 188. The first kappa shape index (κ1) is 10.0. The van der Waals surface area contributed by atoms with Crippen molar-refractivity contribution in [3.05, 3.63) is 0 Å². The topological polar surface area (TPSA) is 37.3 Å². The number of carboxylic acids is 1. The smallest absolute Gasteiger partial charge is 0.304 e. The summed E-state index contributed by atoms with van der Waals surface area (Å²) in [6.45, 7) is 6.00. The highest BCUT2D eigenvalue weighted by Gasteiger charge is 2.02. The standard InChI is InChI=1S/C9H14O2/c1-9(2,3)7-5-4-6-8(10)11/h4,6H2,1-3H3,(H,10,11). The molecule has 11 heavy (non-hydrogen) atoms. The molecule has 0 aliphatic heterocycles. The van der Waals surface area contributed by atoms with E-state index in [9.17, 15) is 4.79 Å². The van der Waals surface area contributed by atoms with Crippen LogP contribution in [0.25, 0.3) is 0 Å². The molecular weight excluding hydrogens is 140 g/mol. The molecule has 0 saturated heterocycles. The molecular formula is C9H14O2. The van der Waals surface area contributed by atoms with Crippen LogP contribution in [0.4, 0.5) is 0 Å². The van der Waals surface area contributed by atoms with Crippen LogP contribution in [0.3, 0.4) is 0 Å². The van der Waals surface area contributed by atoms with Crippen LogP contribution in [0.1, 0.15) is 33.6 Å². The summed E-state index contributed by atoms with van der Waals surface area (Å²) in [5.41, 5.74) is -0.0154. The third kappa shape index (κ3) is 9.03. The predicted octanol–water partition coefficient (Wildman–Crippen LogP) is 1.90. The zero-order valence-corrected chi connectivity index (χ0v) is 7.27. The number of hydrogen-bond donors (Lipinski definition) is 1. The van der Waals surface area contributed by atoms with Crippen LogP contribution in [0.15, 0.2) is 0 Å². The van der Waals surface area contributed by atoms with E-state index >= 15 is 0 Å². The molecule has 0 atom stereocenters. The van der Waals surface area contributed by atoms with E-state index < -0.39 is 5.97 Å². The molecule has 0 rings (SSSR count). The molecule has 1 N–H and O–H groups in total. The maximum Gasteiger partial charge on any atom is 0.304 e. The first-order valence-electron chi connectivity index (χ1n) is 3.63. The van der Waals surface area contributed by atoms with E-state index in [0.29, 0.717) is 6.42 Å². The number of rotatable bonds is 2. The van der Waals surface area contributed by atoms with Gasteiger partial charge in [0, 0.05) is 11.8 Å². The zero-order valence-electron chi connectivity index (χ0n) is 7.27. The predicted molar refractivity (Wildman–Crippen MR) is 44.1 cm³/mol. The van der Waals surface area contributed by atoms with Crippen molar-refractivity contribution in [1.29, 1.82) is 0 Å². The highest BCUT2D eigenvalue weighted by Crippen LogP contribution is 2.09. The van der Waals surface area contributed by atoms with Gasteiger partial charge in [-0.2, -0.15) is 0 Å². The summed E-state index contributed by atoms with van der Waals surface area (Å²) >= 11 is 0. The van der Waals surface area contributed by atoms with Crippen LogP contribution in [0.2, 0.25) is 0 Å². The Hall–Kier alpha value is -0.970. The summed E-state index contributed by atoms with van der Waals surface area (Å²) < 4.78 is 0. The van der Waals surface area contributed by atoms with Gasteiger partial charge in [0.15, 0.2) is 0 Å². The molecule has 0 aromatic heterocycles. The van der Waals surface area contributed by atoms with Crippen LogP contribution in [0, 0.1) is 17.3 Å². The third-order valence-corrected chi connectivity index (χ3v) is 0.927. The second-order valence-corrected chi connectivity index (χ2v) is 3.45. The number of hydrogen-bond acceptors (Lipinski definition) is 1. The van der Waals surface area contributed by atoms with Crippen LogP contribution in [-0.4, -0.2) is 11.1 Å². The maximum atomic E-state index is 10.1. The minimum absolute atomic E-state index is 0.0154. The van der Waals surface area contributed by atoms with E-state index in [1.54, 1.807) is 0 Å². The second-order valence-electron chi connectivity index (χ2n) is 3.45. The van der Waals surface area contributed by atoms with Crippen molar-refractivity contribution in [2.45, 2.75) is 33.6 Å². The SMILES string of the molecule is CC(C)(C)C#CCCC(=O)O. The van der Waals surface area contributed by atoms with Crippen molar-refractivity contribution >= 4 is 5.97 Å². The minimum atomic E-state index is -0.784. The van der Waals surface area contributed by atoms with E-state index in [4.69, 9.17) is 5.11 Å². The Morgan fingerprint density at radius 2 is 2.00 bits per heavy atom. The van der Waals surface area contributed by atoms with Gasteiger partial charge in [-0.25, -0.2) is 0 Å². The largest absolute Gasteiger partial charge is 0.481 e. The van der Waals surface area contributed by atoms with Crippen molar-refractivity contribution in [1.82, 2.24) is 0 Å². The Labute approximate surface area is 67.6 Å². The fraction of sp³-hybridized carbons (Fsp3) is 0.667. The monoisotopic (exact) mass is 154 g/mol. The van der Waals surface area contributed by atoms with Crippen molar-refractivity contribution < 1.29 is 9.90 Å². The Kier molecular flexibility index (Phi) is 3.67. The van der Waals surface area contributed by atoms with Gasteiger partial charge in [0.25, 0.3) is 0 Å². The van der Waals surface area contributed by atoms with E-state index in [-0.39, 0.29) is 11.8 Å². The molecule has 62 valence electrons. The molecule has 2 heteroatoms.